The van der Waals surface area contributed by atoms with Crippen LogP contribution in [0.5, 0.6) is 5.75 Å². The fraction of sp³-hybridized carbons (Fsp3) is 0.562. The lowest BCUT2D eigenvalue weighted by Gasteiger charge is -2.41. The second-order valence-electron chi connectivity index (χ2n) is 6.13. The largest absolute Gasteiger partial charge is 0.493 e. The van der Waals surface area contributed by atoms with E-state index >= 15 is 0 Å². The molecule has 0 radical (unpaired) electrons. The van der Waals surface area contributed by atoms with E-state index in [9.17, 15) is 4.79 Å². The van der Waals surface area contributed by atoms with Gasteiger partial charge in [0.15, 0.2) is 0 Å². The summed E-state index contributed by atoms with van der Waals surface area (Å²) in [6, 6.07) is 7.17. The first-order chi connectivity index (χ1) is 9.85. The SMILES string of the molecule is CC1CN(C(=O)CCOc2ccc(N)cc2)CC(C)(C)O1. The summed E-state index contributed by atoms with van der Waals surface area (Å²) in [5.41, 5.74) is 6.02. The van der Waals surface area contributed by atoms with Crippen LogP contribution in [0.3, 0.4) is 0 Å². The molecule has 2 N–H and O–H groups in total. The van der Waals surface area contributed by atoms with Crippen molar-refractivity contribution in [3.63, 3.8) is 0 Å². The van der Waals surface area contributed by atoms with Gasteiger partial charge in [-0.3, -0.25) is 4.79 Å². The fourth-order valence-corrected chi connectivity index (χ4v) is 2.62. The number of ether oxygens (including phenoxy) is 2. The van der Waals surface area contributed by atoms with Crippen molar-refractivity contribution in [3.8, 4) is 5.75 Å². The van der Waals surface area contributed by atoms with Crippen molar-refractivity contribution in [2.75, 3.05) is 25.4 Å². The average molecular weight is 292 g/mol. The smallest absolute Gasteiger partial charge is 0.226 e. The van der Waals surface area contributed by atoms with Gasteiger partial charge in [-0.05, 0) is 45.0 Å². The molecule has 21 heavy (non-hydrogen) atoms. The Morgan fingerprint density at radius 1 is 1.43 bits per heavy atom. The molecule has 0 aliphatic carbocycles. The first kappa shape index (κ1) is 15.6. The quantitative estimate of drug-likeness (QED) is 0.863. The molecule has 116 valence electrons. The van der Waals surface area contributed by atoms with Gasteiger partial charge in [0, 0.05) is 18.8 Å². The topological polar surface area (TPSA) is 64.8 Å². The minimum absolute atomic E-state index is 0.0655. The molecular formula is C16H24N2O3. The maximum absolute atomic E-state index is 12.2. The standard InChI is InChI=1S/C16H24N2O3/c1-12-10-18(11-16(2,3)21-12)15(19)8-9-20-14-6-4-13(17)5-7-14/h4-7,12H,8-11,17H2,1-3H3. The second-order valence-corrected chi connectivity index (χ2v) is 6.13. The summed E-state index contributed by atoms with van der Waals surface area (Å²) in [5.74, 6) is 0.835. The van der Waals surface area contributed by atoms with Crippen molar-refractivity contribution < 1.29 is 14.3 Å². The minimum atomic E-state index is -0.287. The van der Waals surface area contributed by atoms with Crippen LogP contribution in [0.25, 0.3) is 0 Å². The summed E-state index contributed by atoms with van der Waals surface area (Å²) in [6.45, 7) is 7.64. The Bertz CT molecular complexity index is 485. The summed E-state index contributed by atoms with van der Waals surface area (Å²) in [6.07, 6.45) is 0.434. The van der Waals surface area contributed by atoms with Crippen molar-refractivity contribution in [2.24, 2.45) is 0 Å². The molecule has 0 saturated carbocycles. The van der Waals surface area contributed by atoms with Crippen LogP contribution in [0.4, 0.5) is 5.69 Å². The number of nitrogen functional groups attached to an aromatic ring is 1. The summed E-state index contributed by atoms with van der Waals surface area (Å²) in [7, 11) is 0. The van der Waals surface area contributed by atoms with Crippen LogP contribution < -0.4 is 10.5 Å². The Morgan fingerprint density at radius 2 is 2.10 bits per heavy atom. The average Bonchev–Trinajstić information content (AvgIpc) is 2.38. The number of nitrogens with two attached hydrogens (primary N) is 1. The van der Waals surface area contributed by atoms with Crippen LogP contribution in [-0.2, 0) is 9.53 Å². The van der Waals surface area contributed by atoms with E-state index in [4.69, 9.17) is 15.2 Å². The molecule has 1 fully saturated rings. The third kappa shape index (κ3) is 4.63. The summed E-state index contributed by atoms with van der Waals surface area (Å²) in [4.78, 5) is 14.1. The number of hydrogen-bond donors (Lipinski definition) is 1. The van der Waals surface area contributed by atoms with E-state index in [2.05, 4.69) is 0 Å². The Hall–Kier alpha value is -1.75. The third-order valence-corrected chi connectivity index (χ3v) is 3.39. The van der Waals surface area contributed by atoms with Gasteiger partial charge < -0.3 is 20.1 Å². The predicted molar refractivity (Wildman–Crippen MR) is 82.2 cm³/mol. The Balaban J connectivity index is 1.80. The molecule has 0 aromatic heterocycles. The van der Waals surface area contributed by atoms with Crippen LogP contribution in [0.15, 0.2) is 24.3 Å². The van der Waals surface area contributed by atoms with E-state index in [0.717, 1.165) is 5.75 Å². The zero-order valence-corrected chi connectivity index (χ0v) is 13.0. The maximum Gasteiger partial charge on any atom is 0.226 e. The van der Waals surface area contributed by atoms with Crippen molar-refractivity contribution in [3.05, 3.63) is 24.3 Å². The molecule has 1 heterocycles. The number of amides is 1. The number of anilines is 1. The number of morpholine rings is 1. The highest BCUT2D eigenvalue weighted by Gasteiger charge is 2.33. The van der Waals surface area contributed by atoms with Crippen molar-refractivity contribution in [2.45, 2.75) is 38.9 Å². The van der Waals surface area contributed by atoms with E-state index in [1.165, 1.54) is 0 Å². The summed E-state index contributed by atoms with van der Waals surface area (Å²) >= 11 is 0. The van der Waals surface area contributed by atoms with E-state index in [1.54, 1.807) is 24.3 Å². The van der Waals surface area contributed by atoms with Gasteiger partial charge >= 0.3 is 0 Å². The van der Waals surface area contributed by atoms with E-state index < -0.39 is 0 Å². The Labute approximate surface area is 126 Å². The molecule has 1 aliphatic heterocycles. The molecule has 1 amide bonds. The molecule has 0 bridgehead atoms. The van der Waals surface area contributed by atoms with Gasteiger partial charge in [-0.1, -0.05) is 0 Å². The van der Waals surface area contributed by atoms with Crippen molar-refractivity contribution >= 4 is 11.6 Å². The van der Waals surface area contributed by atoms with Crippen LogP contribution in [0.2, 0.25) is 0 Å². The van der Waals surface area contributed by atoms with Crippen LogP contribution >= 0.6 is 0 Å². The molecule has 1 aromatic rings. The molecule has 2 rings (SSSR count). The molecule has 5 heteroatoms. The highest BCUT2D eigenvalue weighted by Crippen LogP contribution is 2.21. The summed E-state index contributed by atoms with van der Waals surface area (Å²) in [5, 5.41) is 0. The molecule has 5 nitrogen and oxygen atoms in total. The van der Waals surface area contributed by atoms with Crippen molar-refractivity contribution in [1.82, 2.24) is 4.90 Å². The molecule has 1 unspecified atom stereocenters. The van der Waals surface area contributed by atoms with Gasteiger partial charge in [0.05, 0.1) is 24.7 Å². The number of carbonyl (C=O) groups is 1. The van der Waals surface area contributed by atoms with Crippen LogP contribution in [-0.4, -0.2) is 42.2 Å². The summed E-state index contributed by atoms with van der Waals surface area (Å²) < 4.78 is 11.4. The second kappa shape index (κ2) is 6.35. The normalized spacial score (nSPS) is 21.1. The number of nitrogens with zero attached hydrogens (tertiary/aromatic N) is 1. The Kier molecular flexibility index (Phi) is 4.73. The number of benzene rings is 1. The van der Waals surface area contributed by atoms with E-state index in [1.807, 2.05) is 25.7 Å². The van der Waals surface area contributed by atoms with Crippen LogP contribution in [0, 0.1) is 0 Å². The fourth-order valence-electron chi connectivity index (χ4n) is 2.62. The molecule has 1 aliphatic rings. The Morgan fingerprint density at radius 3 is 2.71 bits per heavy atom. The van der Waals surface area contributed by atoms with Gasteiger partial charge in [0.25, 0.3) is 0 Å². The minimum Gasteiger partial charge on any atom is -0.493 e. The van der Waals surface area contributed by atoms with Gasteiger partial charge in [-0.25, -0.2) is 0 Å². The number of carbonyl (C=O) groups excluding carboxylic acids is 1. The van der Waals surface area contributed by atoms with Crippen molar-refractivity contribution in [1.29, 1.82) is 0 Å². The van der Waals surface area contributed by atoms with E-state index in [0.29, 0.717) is 31.8 Å². The first-order valence-electron chi connectivity index (χ1n) is 7.30. The van der Waals surface area contributed by atoms with Gasteiger partial charge in [-0.2, -0.15) is 0 Å². The molecule has 1 atom stereocenters. The highest BCUT2D eigenvalue weighted by atomic mass is 16.5. The molecule has 1 saturated heterocycles. The first-order valence-corrected chi connectivity index (χ1v) is 7.30. The van der Waals surface area contributed by atoms with Gasteiger partial charge in [0.1, 0.15) is 5.75 Å². The lowest BCUT2D eigenvalue weighted by Crippen LogP contribution is -2.53. The molecular weight excluding hydrogens is 268 g/mol. The number of hydrogen-bond acceptors (Lipinski definition) is 4. The molecule has 1 aromatic carbocycles. The van der Waals surface area contributed by atoms with Gasteiger partial charge in [0.2, 0.25) is 5.91 Å². The lowest BCUT2D eigenvalue weighted by atomic mass is 10.1. The monoisotopic (exact) mass is 292 g/mol. The molecule has 0 spiro atoms. The third-order valence-electron chi connectivity index (χ3n) is 3.39. The highest BCUT2D eigenvalue weighted by molar-refractivity contribution is 5.76. The predicted octanol–water partition coefficient (Wildman–Crippen LogP) is 2.06. The van der Waals surface area contributed by atoms with Crippen LogP contribution in [0.1, 0.15) is 27.2 Å². The zero-order chi connectivity index (χ0) is 15.5. The zero-order valence-electron chi connectivity index (χ0n) is 13.0. The number of rotatable bonds is 4. The van der Waals surface area contributed by atoms with E-state index in [-0.39, 0.29) is 17.6 Å². The lowest BCUT2D eigenvalue weighted by molar-refractivity contribution is -0.158. The van der Waals surface area contributed by atoms with Gasteiger partial charge in [-0.15, -0.1) is 0 Å². The maximum atomic E-state index is 12.2.